The van der Waals surface area contributed by atoms with Gasteiger partial charge in [0.2, 0.25) is 6.43 Å². The molecule has 2 atom stereocenters. The van der Waals surface area contributed by atoms with E-state index in [0.717, 1.165) is 22.2 Å². The number of benzene rings is 1. The highest BCUT2D eigenvalue weighted by Crippen LogP contribution is 2.22. The summed E-state index contributed by atoms with van der Waals surface area (Å²) >= 11 is 1.16. The Kier molecular flexibility index (Phi) is 6.60. The van der Waals surface area contributed by atoms with Crippen molar-refractivity contribution in [3.8, 4) is 0 Å². The van der Waals surface area contributed by atoms with Crippen molar-refractivity contribution in [3.05, 3.63) is 29.8 Å². The molecule has 102 valence electrons. The van der Waals surface area contributed by atoms with Crippen LogP contribution in [0.4, 0.5) is 8.78 Å². The number of nitrogens with one attached hydrogen (secondary N) is 1. The summed E-state index contributed by atoms with van der Waals surface area (Å²) in [6, 6.07) is 7.72. The molecule has 1 unspecified atom stereocenters. The lowest BCUT2D eigenvalue weighted by Crippen LogP contribution is -2.31. The molecular formula is C13H19F2NOS. The van der Waals surface area contributed by atoms with Crippen LogP contribution in [0.5, 0.6) is 0 Å². The maximum absolute atomic E-state index is 12.1. The van der Waals surface area contributed by atoms with Gasteiger partial charge in [0.25, 0.3) is 0 Å². The van der Waals surface area contributed by atoms with Crippen molar-refractivity contribution in [2.75, 3.05) is 12.4 Å². The number of thioether (sulfide) groups is 1. The second-order valence-corrected chi connectivity index (χ2v) is 5.34. The largest absolute Gasteiger partial charge is 0.395 e. The predicted octanol–water partition coefficient (Wildman–Crippen LogP) is 3.08. The molecule has 2 nitrogen and oxygen atoms in total. The van der Waals surface area contributed by atoms with E-state index in [0.29, 0.717) is 0 Å². The fourth-order valence-electron chi connectivity index (χ4n) is 1.59. The fraction of sp³-hybridized carbons (Fsp3) is 0.538. The molecule has 2 N–H and O–H groups in total. The van der Waals surface area contributed by atoms with Crippen molar-refractivity contribution in [2.45, 2.75) is 37.3 Å². The summed E-state index contributed by atoms with van der Waals surface area (Å²) < 4.78 is 24.1. The maximum atomic E-state index is 12.1. The van der Waals surface area contributed by atoms with Crippen LogP contribution in [-0.2, 0) is 0 Å². The summed E-state index contributed by atoms with van der Waals surface area (Å²) in [5.74, 6) is -0.172. The smallest absolute Gasteiger partial charge is 0.247 e. The van der Waals surface area contributed by atoms with Gasteiger partial charge in [-0.15, -0.1) is 11.8 Å². The highest BCUT2D eigenvalue weighted by molar-refractivity contribution is 7.99. The molecule has 0 aliphatic rings. The molecule has 0 saturated carbocycles. The minimum Gasteiger partial charge on any atom is -0.395 e. The first kappa shape index (κ1) is 15.4. The zero-order valence-corrected chi connectivity index (χ0v) is 11.4. The maximum Gasteiger partial charge on any atom is 0.247 e. The Bertz CT molecular complexity index is 345. The minimum atomic E-state index is -2.28. The predicted molar refractivity (Wildman–Crippen MR) is 71.3 cm³/mol. The van der Waals surface area contributed by atoms with Crippen LogP contribution < -0.4 is 5.32 Å². The average molecular weight is 275 g/mol. The summed E-state index contributed by atoms with van der Waals surface area (Å²) in [6.07, 6.45) is -2.28. The van der Waals surface area contributed by atoms with Crippen molar-refractivity contribution >= 4 is 11.8 Å². The Labute approximate surface area is 111 Å². The SMILES string of the molecule is CC(N[C@H](C)CO)c1ccc(SCC(F)F)cc1. The zero-order valence-electron chi connectivity index (χ0n) is 10.6. The first-order valence-corrected chi connectivity index (χ1v) is 6.89. The Morgan fingerprint density at radius 1 is 1.22 bits per heavy atom. The first-order chi connectivity index (χ1) is 8.52. The summed E-state index contributed by atoms with van der Waals surface area (Å²) in [7, 11) is 0. The number of halogens is 2. The van der Waals surface area contributed by atoms with E-state index in [1.54, 1.807) is 0 Å². The fourth-order valence-corrected chi connectivity index (χ4v) is 2.23. The molecule has 0 aliphatic heterocycles. The molecule has 0 aliphatic carbocycles. The number of rotatable bonds is 7. The molecule has 1 aromatic rings. The van der Waals surface area contributed by atoms with Crippen molar-refractivity contribution < 1.29 is 13.9 Å². The Hall–Kier alpha value is -0.650. The molecule has 1 aromatic carbocycles. The lowest BCUT2D eigenvalue weighted by atomic mass is 10.1. The molecule has 0 heterocycles. The van der Waals surface area contributed by atoms with Gasteiger partial charge in [-0.2, -0.15) is 0 Å². The standard InChI is InChI=1S/C13H19F2NOS/c1-9(7-17)16-10(2)11-3-5-12(6-4-11)18-8-13(14)15/h3-6,9-10,13,16-17H,7-8H2,1-2H3/t9-,10?/m1/s1. The second kappa shape index (κ2) is 7.71. The van der Waals surface area contributed by atoms with Crippen LogP contribution in [0.1, 0.15) is 25.5 Å². The second-order valence-electron chi connectivity index (χ2n) is 4.24. The lowest BCUT2D eigenvalue weighted by Gasteiger charge is -2.18. The number of alkyl halides is 2. The molecule has 0 saturated heterocycles. The van der Waals surface area contributed by atoms with E-state index in [1.165, 1.54) is 0 Å². The van der Waals surface area contributed by atoms with E-state index in [4.69, 9.17) is 5.11 Å². The van der Waals surface area contributed by atoms with Crippen LogP contribution >= 0.6 is 11.8 Å². The van der Waals surface area contributed by atoms with Crippen molar-refractivity contribution in [3.63, 3.8) is 0 Å². The van der Waals surface area contributed by atoms with Gasteiger partial charge in [0.05, 0.1) is 12.4 Å². The molecule has 0 aromatic heterocycles. The van der Waals surface area contributed by atoms with Crippen LogP contribution in [0.15, 0.2) is 29.2 Å². The summed E-state index contributed by atoms with van der Waals surface area (Å²) in [6.45, 7) is 4.00. The number of aliphatic hydroxyl groups excluding tert-OH is 1. The topological polar surface area (TPSA) is 32.3 Å². The summed E-state index contributed by atoms with van der Waals surface area (Å²) in [5.41, 5.74) is 1.08. The van der Waals surface area contributed by atoms with Crippen molar-refractivity contribution in [2.24, 2.45) is 0 Å². The van der Waals surface area contributed by atoms with E-state index in [9.17, 15) is 8.78 Å². The first-order valence-electron chi connectivity index (χ1n) is 5.90. The van der Waals surface area contributed by atoms with Crippen molar-refractivity contribution in [1.29, 1.82) is 0 Å². The Morgan fingerprint density at radius 2 is 1.83 bits per heavy atom. The third kappa shape index (κ3) is 5.33. The third-order valence-electron chi connectivity index (χ3n) is 2.56. The number of hydrogen-bond donors (Lipinski definition) is 2. The van der Waals surface area contributed by atoms with Gasteiger partial charge in [-0.05, 0) is 31.5 Å². The molecule has 0 bridgehead atoms. The Morgan fingerprint density at radius 3 is 2.33 bits per heavy atom. The van der Waals surface area contributed by atoms with Crippen molar-refractivity contribution in [1.82, 2.24) is 5.32 Å². The van der Waals surface area contributed by atoms with E-state index in [1.807, 2.05) is 38.1 Å². The lowest BCUT2D eigenvalue weighted by molar-refractivity contribution is 0.177. The number of aliphatic hydroxyl groups is 1. The summed E-state index contributed by atoms with van der Waals surface area (Å²) in [5, 5.41) is 12.2. The minimum absolute atomic E-state index is 0.0351. The zero-order chi connectivity index (χ0) is 13.5. The highest BCUT2D eigenvalue weighted by atomic mass is 32.2. The van der Waals surface area contributed by atoms with Gasteiger partial charge in [-0.3, -0.25) is 0 Å². The molecule has 0 amide bonds. The van der Waals surface area contributed by atoms with E-state index >= 15 is 0 Å². The average Bonchev–Trinajstić information content (AvgIpc) is 2.36. The summed E-state index contributed by atoms with van der Waals surface area (Å²) in [4.78, 5) is 0.849. The highest BCUT2D eigenvalue weighted by Gasteiger charge is 2.09. The van der Waals surface area contributed by atoms with Crippen LogP contribution in [-0.4, -0.2) is 29.9 Å². The quantitative estimate of drug-likeness (QED) is 0.750. The monoisotopic (exact) mass is 275 g/mol. The van der Waals surface area contributed by atoms with Crippen LogP contribution in [0, 0.1) is 0 Å². The molecule has 0 fully saturated rings. The molecule has 5 heteroatoms. The molecule has 0 radical (unpaired) electrons. The van der Waals surface area contributed by atoms with Gasteiger partial charge in [-0.1, -0.05) is 12.1 Å². The normalized spacial score (nSPS) is 14.8. The van der Waals surface area contributed by atoms with Crippen LogP contribution in [0.2, 0.25) is 0 Å². The molecule has 1 rings (SSSR count). The van der Waals surface area contributed by atoms with Crippen LogP contribution in [0.25, 0.3) is 0 Å². The molecule has 0 spiro atoms. The van der Waals surface area contributed by atoms with Gasteiger partial charge >= 0.3 is 0 Å². The van der Waals surface area contributed by atoms with Gasteiger partial charge in [-0.25, -0.2) is 8.78 Å². The van der Waals surface area contributed by atoms with Gasteiger partial charge in [0, 0.05) is 17.0 Å². The van der Waals surface area contributed by atoms with E-state index in [-0.39, 0.29) is 24.4 Å². The van der Waals surface area contributed by atoms with Gasteiger partial charge < -0.3 is 10.4 Å². The van der Waals surface area contributed by atoms with E-state index < -0.39 is 6.43 Å². The molecule has 18 heavy (non-hydrogen) atoms. The van der Waals surface area contributed by atoms with Gasteiger partial charge in [0.1, 0.15) is 0 Å². The number of hydrogen-bond acceptors (Lipinski definition) is 3. The third-order valence-corrected chi connectivity index (χ3v) is 3.59. The van der Waals surface area contributed by atoms with Gasteiger partial charge in [0.15, 0.2) is 0 Å². The Balaban J connectivity index is 2.53. The van der Waals surface area contributed by atoms with E-state index in [2.05, 4.69) is 5.32 Å². The van der Waals surface area contributed by atoms with Crippen LogP contribution in [0.3, 0.4) is 0 Å². The molecular weight excluding hydrogens is 256 g/mol.